The first-order chi connectivity index (χ1) is 13.3. The Morgan fingerprint density at radius 2 is 1.82 bits per heavy atom. The van der Waals surface area contributed by atoms with Crippen LogP contribution in [0.25, 0.3) is 17.0 Å². The van der Waals surface area contributed by atoms with E-state index in [1.54, 1.807) is 11.9 Å². The summed E-state index contributed by atoms with van der Waals surface area (Å²) in [7, 11) is 3.51. The zero-order valence-electron chi connectivity index (χ0n) is 15.3. The fourth-order valence-electron chi connectivity index (χ4n) is 3.37. The molecule has 0 atom stereocenters. The van der Waals surface area contributed by atoms with Crippen LogP contribution in [-0.4, -0.2) is 39.5 Å². The molecule has 1 aliphatic heterocycles. The number of rotatable bonds is 3. The molecule has 4 nitrogen and oxygen atoms in total. The Morgan fingerprint density at radius 1 is 1.11 bits per heavy atom. The third-order valence-electron chi connectivity index (χ3n) is 4.89. The Labute approximate surface area is 182 Å². The highest BCUT2D eigenvalue weighted by Gasteiger charge is 2.32. The van der Waals surface area contributed by atoms with E-state index in [2.05, 4.69) is 38.8 Å². The lowest BCUT2D eigenvalue weighted by atomic mass is 10.1. The minimum atomic E-state index is -0.0962. The predicted molar refractivity (Wildman–Crippen MR) is 121 cm³/mol. The minimum absolute atomic E-state index is 0.0962. The molecule has 0 spiro atoms. The van der Waals surface area contributed by atoms with Crippen molar-refractivity contribution in [3.63, 3.8) is 0 Å². The van der Waals surface area contributed by atoms with Gasteiger partial charge in [-0.05, 0) is 54.2 Å². The van der Waals surface area contributed by atoms with E-state index in [0.29, 0.717) is 17.4 Å². The minimum Gasteiger partial charge on any atom is -0.342 e. The Kier molecular flexibility index (Phi) is 5.04. The van der Waals surface area contributed by atoms with Crippen LogP contribution in [0.4, 0.5) is 0 Å². The molecule has 3 aromatic rings. The summed E-state index contributed by atoms with van der Waals surface area (Å²) in [5.74, 6) is -0.0962. The molecule has 0 bridgehead atoms. The quantitative estimate of drug-likeness (QED) is 0.389. The van der Waals surface area contributed by atoms with E-state index < -0.39 is 0 Å². The van der Waals surface area contributed by atoms with Gasteiger partial charge in [0.2, 0.25) is 0 Å². The number of halogens is 2. The van der Waals surface area contributed by atoms with Crippen LogP contribution in [0.3, 0.4) is 0 Å². The number of fused-ring (bicyclic) bond motifs is 1. The van der Waals surface area contributed by atoms with Gasteiger partial charge in [-0.1, -0.05) is 39.7 Å². The average Bonchev–Trinajstić information content (AvgIpc) is 3.09. The van der Waals surface area contributed by atoms with Crippen molar-refractivity contribution in [2.45, 2.75) is 6.54 Å². The molecule has 1 saturated heterocycles. The Morgan fingerprint density at radius 3 is 2.46 bits per heavy atom. The van der Waals surface area contributed by atoms with Gasteiger partial charge in [-0.25, -0.2) is 0 Å². The molecule has 4 rings (SSSR count). The van der Waals surface area contributed by atoms with Crippen LogP contribution in [0.2, 0.25) is 5.02 Å². The Bertz CT molecular complexity index is 1140. The molecule has 0 aliphatic carbocycles. The number of thiocarbonyl (C=S) groups is 1. The van der Waals surface area contributed by atoms with Crippen LogP contribution in [0.15, 0.2) is 58.8 Å². The second kappa shape index (κ2) is 7.35. The first-order valence-electron chi connectivity index (χ1n) is 8.65. The highest BCUT2D eigenvalue weighted by molar-refractivity contribution is 9.10. The van der Waals surface area contributed by atoms with Crippen LogP contribution >= 0.6 is 39.7 Å². The van der Waals surface area contributed by atoms with Gasteiger partial charge in [0.1, 0.15) is 5.70 Å². The molecule has 0 unspecified atom stereocenters. The molecule has 1 fully saturated rings. The Hall–Kier alpha value is -2.15. The largest absolute Gasteiger partial charge is 0.342 e. The number of carbonyl (C=O) groups excluding carboxylic acids is 1. The molecule has 2 aromatic carbocycles. The van der Waals surface area contributed by atoms with Crippen LogP contribution in [0.1, 0.15) is 11.1 Å². The van der Waals surface area contributed by atoms with E-state index in [0.717, 1.165) is 31.5 Å². The standard InChI is InChI=1S/C21H17BrClN3OS/c1-24-19(20(27)25(2)21(24)28)9-14-12-26(11-13-3-6-16(23)7-4-13)18-8-5-15(22)10-17(14)18/h3-10,12H,11H2,1-2H3/b19-9-. The molecular weight excluding hydrogens is 458 g/mol. The summed E-state index contributed by atoms with van der Waals surface area (Å²) in [4.78, 5) is 15.8. The molecule has 142 valence electrons. The lowest BCUT2D eigenvalue weighted by molar-refractivity contribution is -0.121. The van der Waals surface area contributed by atoms with Crippen molar-refractivity contribution in [1.82, 2.24) is 14.4 Å². The van der Waals surface area contributed by atoms with Crippen LogP contribution in [0.5, 0.6) is 0 Å². The Balaban J connectivity index is 1.82. The van der Waals surface area contributed by atoms with Gasteiger partial charge in [-0.2, -0.15) is 0 Å². The maximum atomic E-state index is 12.6. The van der Waals surface area contributed by atoms with Crippen LogP contribution in [0, 0.1) is 0 Å². The fourth-order valence-corrected chi connectivity index (χ4v) is 4.03. The second-order valence-corrected chi connectivity index (χ2v) is 8.45. The maximum absolute atomic E-state index is 12.6. The van der Waals surface area contributed by atoms with Crippen molar-refractivity contribution in [1.29, 1.82) is 0 Å². The maximum Gasteiger partial charge on any atom is 0.276 e. The van der Waals surface area contributed by atoms with E-state index in [1.807, 2.05) is 43.5 Å². The van der Waals surface area contributed by atoms with Crippen molar-refractivity contribution in [2.24, 2.45) is 0 Å². The summed E-state index contributed by atoms with van der Waals surface area (Å²) in [6, 6.07) is 14.0. The molecule has 0 saturated carbocycles. The van der Waals surface area contributed by atoms with Crippen molar-refractivity contribution in [2.75, 3.05) is 14.1 Å². The van der Waals surface area contributed by atoms with Crippen molar-refractivity contribution >= 4 is 67.7 Å². The molecule has 1 aliphatic rings. The molecule has 0 N–H and O–H groups in total. The lowest BCUT2D eigenvalue weighted by Gasteiger charge is -2.10. The summed E-state index contributed by atoms with van der Waals surface area (Å²) < 4.78 is 3.17. The van der Waals surface area contributed by atoms with Gasteiger partial charge in [0.15, 0.2) is 5.11 Å². The fraction of sp³-hybridized carbons (Fsp3) is 0.143. The van der Waals surface area contributed by atoms with Gasteiger partial charge in [0, 0.05) is 52.8 Å². The highest BCUT2D eigenvalue weighted by atomic mass is 79.9. The number of carbonyl (C=O) groups is 1. The van der Waals surface area contributed by atoms with E-state index in [-0.39, 0.29) is 5.91 Å². The van der Waals surface area contributed by atoms with Gasteiger partial charge in [0.25, 0.3) is 5.91 Å². The number of nitrogens with zero attached hydrogens (tertiary/aromatic N) is 3. The summed E-state index contributed by atoms with van der Waals surface area (Å²) >= 11 is 14.9. The van der Waals surface area contributed by atoms with Crippen molar-refractivity contribution in [3.8, 4) is 0 Å². The summed E-state index contributed by atoms with van der Waals surface area (Å²) in [6.45, 7) is 0.709. The van der Waals surface area contributed by atoms with Crippen molar-refractivity contribution in [3.05, 3.63) is 75.0 Å². The first kappa shape index (κ1) is 19.2. The molecule has 2 heterocycles. The zero-order valence-corrected chi connectivity index (χ0v) is 18.5. The number of likely N-dealkylation sites (N-methyl/N-ethyl adjacent to an activating group) is 2. The number of amides is 1. The zero-order chi connectivity index (χ0) is 20.0. The smallest absolute Gasteiger partial charge is 0.276 e. The monoisotopic (exact) mass is 473 g/mol. The molecule has 1 aromatic heterocycles. The average molecular weight is 475 g/mol. The summed E-state index contributed by atoms with van der Waals surface area (Å²) in [5, 5.41) is 2.29. The van der Waals surface area contributed by atoms with E-state index in [1.165, 1.54) is 4.90 Å². The molecule has 28 heavy (non-hydrogen) atoms. The van der Waals surface area contributed by atoms with Gasteiger partial charge >= 0.3 is 0 Å². The normalized spacial score (nSPS) is 16.1. The lowest BCUT2D eigenvalue weighted by Crippen LogP contribution is -2.26. The van der Waals surface area contributed by atoms with Gasteiger partial charge < -0.3 is 9.47 Å². The summed E-state index contributed by atoms with van der Waals surface area (Å²) in [5.41, 5.74) is 3.78. The van der Waals surface area contributed by atoms with Gasteiger partial charge in [-0.15, -0.1) is 0 Å². The predicted octanol–water partition coefficient (Wildman–Crippen LogP) is 5.14. The van der Waals surface area contributed by atoms with Crippen LogP contribution in [-0.2, 0) is 11.3 Å². The van der Waals surface area contributed by atoms with Crippen LogP contribution < -0.4 is 0 Å². The van der Waals surface area contributed by atoms with E-state index in [9.17, 15) is 4.79 Å². The number of hydrogen-bond acceptors (Lipinski definition) is 2. The topological polar surface area (TPSA) is 28.5 Å². The van der Waals surface area contributed by atoms with Gasteiger partial charge in [-0.3, -0.25) is 9.69 Å². The third-order valence-corrected chi connectivity index (χ3v) is 6.18. The highest BCUT2D eigenvalue weighted by Crippen LogP contribution is 2.30. The summed E-state index contributed by atoms with van der Waals surface area (Å²) in [6.07, 6.45) is 3.98. The second-order valence-electron chi connectivity index (χ2n) is 6.74. The molecular formula is C21H17BrClN3OS. The SMILES string of the molecule is CN1C(=O)/C(=C/c2cn(Cc3ccc(Cl)cc3)c3ccc(Br)cc23)N(C)C1=S. The van der Waals surface area contributed by atoms with E-state index >= 15 is 0 Å². The third kappa shape index (κ3) is 3.36. The van der Waals surface area contributed by atoms with Crippen molar-refractivity contribution < 1.29 is 4.79 Å². The molecule has 0 radical (unpaired) electrons. The van der Waals surface area contributed by atoms with E-state index in [4.69, 9.17) is 23.8 Å². The number of benzene rings is 2. The first-order valence-corrected chi connectivity index (χ1v) is 10.2. The molecule has 7 heteroatoms. The number of aromatic nitrogens is 1. The van der Waals surface area contributed by atoms with Gasteiger partial charge in [0.05, 0.1) is 0 Å². The number of hydrogen-bond donors (Lipinski definition) is 0. The molecule has 1 amide bonds.